The fraction of sp³-hybridized carbons (Fsp3) is 0.333. The van der Waals surface area contributed by atoms with Gasteiger partial charge in [0.15, 0.2) is 0 Å². The van der Waals surface area contributed by atoms with Crippen LogP contribution in [0.5, 0.6) is 0 Å². The van der Waals surface area contributed by atoms with Gasteiger partial charge in [-0.15, -0.1) is 11.8 Å². The van der Waals surface area contributed by atoms with Crippen molar-refractivity contribution in [2.45, 2.75) is 11.9 Å². The second kappa shape index (κ2) is 2.88. The number of hydrogen-bond donors (Lipinski definition) is 1. The van der Waals surface area contributed by atoms with Crippen LogP contribution in [-0.4, -0.2) is 16.2 Å². The number of hydrogen-bond acceptors (Lipinski definition) is 4. The van der Waals surface area contributed by atoms with E-state index in [1.54, 1.807) is 18.0 Å². The van der Waals surface area contributed by atoms with Crippen LogP contribution in [-0.2, 0) is 0 Å². The van der Waals surface area contributed by atoms with Crippen molar-refractivity contribution in [3.05, 3.63) is 11.8 Å². The maximum Gasteiger partial charge on any atom is 0.221 e. The maximum absolute atomic E-state index is 5.37. The number of anilines is 1. The lowest BCUT2D eigenvalue weighted by molar-refractivity contribution is 1.02. The van der Waals surface area contributed by atoms with Crippen LogP contribution < -0.4 is 5.73 Å². The molecule has 0 aliphatic carbocycles. The molecule has 0 amide bonds. The van der Waals surface area contributed by atoms with Crippen molar-refractivity contribution in [1.82, 2.24) is 9.97 Å². The molecule has 0 fully saturated rings. The first-order valence-corrected chi connectivity index (χ1v) is 4.09. The van der Waals surface area contributed by atoms with Crippen molar-refractivity contribution < 1.29 is 0 Å². The van der Waals surface area contributed by atoms with Gasteiger partial charge in [-0.05, 0) is 18.7 Å². The average Bonchev–Trinajstić information content (AvgIpc) is 1.94. The Morgan fingerprint density at radius 3 is 2.80 bits per heavy atom. The fourth-order valence-corrected chi connectivity index (χ4v) is 1.21. The van der Waals surface area contributed by atoms with Crippen molar-refractivity contribution in [1.29, 1.82) is 0 Å². The lowest BCUT2D eigenvalue weighted by Crippen LogP contribution is -1.96. The molecule has 0 unspecified atom stereocenters. The van der Waals surface area contributed by atoms with Crippen molar-refractivity contribution in [3.63, 3.8) is 0 Å². The molecular weight excluding hydrogens is 146 g/mol. The number of aromatic nitrogens is 2. The first kappa shape index (κ1) is 7.34. The van der Waals surface area contributed by atoms with Gasteiger partial charge in [0, 0.05) is 6.20 Å². The summed E-state index contributed by atoms with van der Waals surface area (Å²) < 4.78 is 0. The molecule has 0 radical (unpaired) electrons. The summed E-state index contributed by atoms with van der Waals surface area (Å²) in [6.07, 6.45) is 3.70. The molecule has 0 bridgehead atoms. The minimum atomic E-state index is 0.343. The van der Waals surface area contributed by atoms with Crippen LogP contribution in [0.15, 0.2) is 11.2 Å². The van der Waals surface area contributed by atoms with E-state index in [-0.39, 0.29) is 0 Å². The number of rotatable bonds is 1. The zero-order valence-electron chi connectivity index (χ0n) is 5.96. The Bertz CT molecular complexity index is 236. The molecule has 1 aromatic heterocycles. The summed E-state index contributed by atoms with van der Waals surface area (Å²) in [5.74, 6) is 0.343. The Kier molecular flexibility index (Phi) is 2.11. The number of nitrogens with zero attached hydrogens (tertiary/aromatic N) is 2. The standard InChI is InChI=1S/C6H9N3S/c1-4-3-8-6(7)9-5(4)10-2/h3H,1-2H3,(H2,7,8,9). The van der Waals surface area contributed by atoms with Crippen LogP contribution >= 0.6 is 11.8 Å². The Labute approximate surface area is 64.1 Å². The van der Waals surface area contributed by atoms with E-state index >= 15 is 0 Å². The molecule has 54 valence electrons. The zero-order chi connectivity index (χ0) is 7.56. The minimum Gasteiger partial charge on any atom is -0.368 e. The highest BCUT2D eigenvalue weighted by Gasteiger charge is 1.97. The van der Waals surface area contributed by atoms with Crippen LogP contribution in [0.3, 0.4) is 0 Å². The van der Waals surface area contributed by atoms with E-state index < -0.39 is 0 Å². The summed E-state index contributed by atoms with van der Waals surface area (Å²) in [4.78, 5) is 7.86. The molecule has 0 atom stereocenters. The highest BCUT2D eigenvalue weighted by atomic mass is 32.2. The fourth-order valence-electron chi connectivity index (χ4n) is 0.646. The number of nitrogens with two attached hydrogens (primary N) is 1. The van der Waals surface area contributed by atoms with Crippen LogP contribution in [0.4, 0.5) is 5.95 Å². The van der Waals surface area contributed by atoms with Gasteiger partial charge in [-0.3, -0.25) is 0 Å². The largest absolute Gasteiger partial charge is 0.368 e. The highest BCUT2D eigenvalue weighted by Crippen LogP contribution is 2.15. The molecule has 3 nitrogen and oxygen atoms in total. The predicted molar refractivity (Wildman–Crippen MR) is 43.0 cm³/mol. The van der Waals surface area contributed by atoms with Crippen LogP contribution in [0.1, 0.15) is 5.56 Å². The highest BCUT2D eigenvalue weighted by molar-refractivity contribution is 7.98. The van der Waals surface area contributed by atoms with E-state index in [9.17, 15) is 0 Å². The summed E-state index contributed by atoms with van der Waals surface area (Å²) >= 11 is 1.58. The first-order valence-electron chi connectivity index (χ1n) is 2.87. The van der Waals surface area contributed by atoms with E-state index in [1.807, 2.05) is 13.2 Å². The number of thioether (sulfide) groups is 1. The van der Waals surface area contributed by atoms with E-state index in [1.165, 1.54) is 0 Å². The molecule has 10 heavy (non-hydrogen) atoms. The van der Waals surface area contributed by atoms with Gasteiger partial charge >= 0.3 is 0 Å². The van der Waals surface area contributed by atoms with Crippen LogP contribution in [0.25, 0.3) is 0 Å². The number of nitrogen functional groups attached to an aromatic ring is 1. The topological polar surface area (TPSA) is 51.8 Å². The predicted octanol–water partition coefficient (Wildman–Crippen LogP) is 1.09. The van der Waals surface area contributed by atoms with E-state index in [0.29, 0.717) is 5.95 Å². The van der Waals surface area contributed by atoms with Gasteiger partial charge in [0.1, 0.15) is 5.03 Å². The van der Waals surface area contributed by atoms with Crippen LogP contribution in [0.2, 0.25) is 0 Å². The summed E-state index contributed by atoms with van der Waals surface area (Å²) in [5.41, 5.74) is 6.44. The Balaban J connectivity index is 3.09. The van der Waals surface area contributed by atoms with Gasteiger partial charge in [0.25, 0.3) is 0 Å². The van der Waals surface area contributed by atoms with E-state index in [0.717, 1.165) is 10.6 Å². The summed E-state index contributed by atoms with van der Waals surface area (Å²) in [5, 5.41) is 0.951. The van der Waals surface area contributed by atoms with Crippen molar-refractivity contribution >= 4 is 17.7 Å². The molecule has 0 aliphatic heterocycles. The maximum atomic E-state index is 5.37. The minimum absolute atomic E-state index is 0.343. The van der Waals surface area contributed by atoms with Gasteiger partial charge in [-0.1, -0.05) is 0 Å². The molecule has 0 aliphatic rings. The van der Waals surface area contributed by atoms with Crippen molar-refractivity contribution in [2.24, 2.45) is 0 Å². The molecule has 0 saturated heterocycles. The third kappa shape index (κ3) is 1.39. The lowest BCUT2D eigenvalue weighted by atomic mass is 10.4. The third-order valence-electron chi connectivity index (χ3n) is 1.14. The Morgan fingerprint density at radius 2 is 2.30 bits per heavy atom. The van der Waals surface area contributed by atoms with E-state index in [4.69, 9.17) is 5.73 Å². The molecule has 2 N–H and O–H groups in total. The van der Waals surface area contributed by atoms with Crippen molar-refractivity contribution in [2.75, 3.05) is 12.0 Å². The van der Waals surface area contributed by atoms with Crippen molar-refractivity contribution in [3.8, 4) is 0 Å². The lowest BCUT2D eigenvalue weighted by Gasteiger charge is -1.99. The molecule has 4 heteroatoms. The second-order valence-corrected chi connectivity index (χ2v) is 2.72. The SMILES string of the molecule is CSc1nc(N)ncc1C. The average molecular weight is 155 g/mol. The van der Waals surface area contributed by atoms with Crippen LogP contribution in [0, 0.1) is 6.92 Å². The molecule has 1 heterocycles. The summed E-state index contributed by atoms with van der Waals surface area (Å²) in [7, 11) is 0. The van der Waals surface area contributed by atoms with Gasteiger partial charge < -0.3 is 5.73 Å². The molecular formula is C6H9N3S. The molecule has 1 rings (SSSR count). The second-order valence-electron chi connectivity index (χ2n) is 1.92. The normalized spacial score (nSPS) is 9.80. The zero-order valence-corrected chi connectivity index (χ0v) is 6.77. The van der Waals surface area contributed by atoms with Gasteiger partial charge in [-0.2, -0.15) is 0 Å². The molecule has 0 aromatic carbocycles. The number of aryl methyl sites for hydroxylation is 1. The molecule has 0 saturated carbocycles. The first-order chi connectivity index (χ1) is 4.74. The van der Waals surface area contributed by atoms with E-state index in [2.05, 4.69) is 9.97 Å². The summed E-state index contributed by atoms with van der Waals surface area (Å²) in [6.45, 7) is 1.96. The summed E-state index contributed by atoms with van der Waals surface area (Å²) in [6, 6.07) is 0. The molecule has 1 aromatic rings. The molecule has 0 spiro atoms. The smallest absolute Gasteiger partial charge is 0.221 e. The monoisotopic (exact) mass is 155 g/mol. The van der Waals surface area contributed by atoms with Gasteiger partial charge in [0.05, 0.1) is 0 Å². The van der Waals surface area contributed by atoms with Gasteiger partial charge in [-0.25, -0.2) is 9.97 Å². The van der Waals surface area contributed by atoms with Gasteiger partial charge in [0.2, 0.25) is 5.95 Å². The third-order valence-corrected chi connectivity index (χ3v) is 1.94. The Morgan fingerprint density at radius 1 is 1.60 bits per heavy atom. The Hall–Kier alpha value is -0.770. The quantitative estimate of drug-likeness (QED) is 0.487.